The molecular formula is C19H25N3O3. The van der Waals surface area contributed by atoms with Crippen LogP contribution in [0.4, 0.5) is 0 Å². The molecule has 2 aromatic rings. The molecule has 2 rings (SSSR count). The number of nitrogens with two attached hydrogens (primary N) is 1. The van der Waals surface area contributed by atoms with Crippen LogP contribution in [0, 0.1) is 5.41 Å². The van der Waals surface area contributed by atoms with Gasteiger partial charge in [-0.25, -0.2) is 0 Å². The number of carbonyl (C=O) groups is 1. The zero-order valence-electron chi connectivity index (χ0n) is 15.0. The van der Waals surface area contributed by atoms with Gasteiger partial charge in [-0.2, -0.15) is 0 Å². The molecule has 1 aromatic carbocycles. The molecule has 1 heterocycles. The maximum absolute atomic E-state index is 12.0. The summed E-state index contributed by atoms with van der Waals surface area (Å²) in [6.45, 7) is 7.73. The third-order valence-corrected chi connectivity index (χ3v) is 3.42. The van der Waals surface area contributed by atoms with Crippen molar-refractivity contribution in [2.75, 3.05) is 0 Å². The van der Waals surface area contributed by atoms with Crippen LogP contribution in [-0.4, -0.2) is 21.5 Å². The molecule has 6 nitrogen and oxygen atoms in total. The summed E-state index contributed by atoms with van der Waals surface area (Å²) in [7, 11) is 0. The summed E-state index contributed by atoms with van der Waals surface area (Å²) in [5, 5.41) is 14.7. The molecule has 0 radical (unpaired) electrons. The summed E-state index contributed by atoms with van der Waals surface area (Å²) < 4.78 is 1.43. The Hall–Kier alpha value is -2.89. The second-order valence-corrected chi connectivity index (χ2v) is 6.75. The van der Waals surface area contributed by atoms with E-state index < -0.39 is 5.97 Å². The molecule has 0 atom stereocenters. The van der Waals surface area contributed by atoms with Crippen LogP contribution in [-0.2, 0) is 16.8 Å². The number of pyridine rings is 1. The van der Waals surface area contributed by atoms with Gasteiger partial charge in [0, 0.05) is 19.2 Å². The fourth-order valence-corrected chi connectivity index (χ4v) is 2.16. The molecule has 4 N–H and O–H groups in total. The van der Waals surface area contributed by atoms with Crippen molar-refractivity contribution in [2.45, 2.75) is 39.7 Å². The molecule has 0 saturated carbocycles. The number of carboxylic acids is 1. The van der Waals surface area contributed by atoms with Crippen molar-refractivity contribution in [1.29, 1.82) is 5.41 Å². The van der Waals surface area contributed by atoms with Crippen LogP contribution in [0.25, 0.3) is 11.1 Å². The van der Waals surface area contributed by atoms with E-state index in [1.165, 1.54) is 10.1 Å². The molecule has 0 saturated heterocycles. The largest absolute Gasteiger partial charge is 0.481 e. The number of amidine groups is 1. The summed E-state index contributed by atoms with van der Waals surface area (Å²) in [5.74, 6) is -0.862. The van der Waals surface area contributed by atoms with Gasteiger partial charge in [0.2, 0.25) is 0 Å². The lowest BCUT2D eigenvalue weighted by Gasteiger charge is -2.19. The minimum atomic E-state index is -0.833. The van der Waals surface area contributed by atoms with Crippen molar-refractivity contribution in [2.24, 2.45) is 5.73 Å². The first-order valence-corrected chi connectivity index (χ1v) is 7.84. The Kier molecular flexibility index (Phi) is 6.68. The highest BCUT2D eigenvalue weighted by atomic mass is 16.4. The predicted molar refractivity (Wildman–Crippen MR) is 100 cm³/mol. The van der Waals surface area contributed by atoms with Crippen LogP contribution < -0.4 is 11.3 Å². The van der Waals surface area contributed by atoms with E-state index in [1.807, 2.05) is 18.2 Å². The first kappa shape index (κ1) is 20.2. The van der Waals surface area contributed by atoms with Gasteiger partial charge in [0.25, 0.3) is 11.5 Å². The highest BCUT2D eigenvalue weighted by molar-refractivity contribution is 5.76. The van der Waals surface area contributed by atoms with Gasteiger partial charge in [-0.1, -0.05) is 45.0 Å². The Morgan fingerprint density at radius 1 is 1.16 bits per heavy atom. The van der Waals surface area contributed by atoms with Gasteiger partial charge in [-0.05, 0) is 28.2 Å². The molecular weight excluding hydrogens is 318 g/mol. The van der Waals surface area contributed by atoms with Crippen LogP contribution >= 0.6 is 0 Å². The summed E-state index contributed by atoms with van der Waals surface area (Å²) >= 11 is 0. The van der Waals surface area contributed by atoms with Gasteiger partial charge < -0.3 is 15.4 Å². The van der Waals surface area contributed by atoms with Crippen molar-refractivity contribution in [3.63, 3.8) is 0 Å². The van der Waals surface area contributed by atoms with Crippen molar-refractivity contribution in [3.05, 3.63) is 58.5 Å². The normalized spacial score (nSPS) is 10.6. The summed E-state index contributed by atoms with van der Waals surface area (Å²) in [4.78, 5) is 21.0. The molecule has 25 heavy (non-hydrogen) atoms. The Morgan fingerprint density at radius 2 is 1.68 bits per heavy atom. The van der Waals surface area contributed by atoms with Crippen molar-refractivity contribution >= 4 is 11.8 Å². The molecule has 0 aliphatic heterocycles. The quantitative estimate of drug-likeness (QED) is 0.588. The Bertz CT molecular complexity index is 796. The Morgan fingerprint density at radius 3 is 2.08 bits per heavy atom. The molecule has 0 unspecified atom stereocenters. The number of rotatable bonds is 3. The summed E-state index contributed by atoms with van der Waals surface area (Å²) in [5.41, 5.74) is 8.43. The smallest absolute Gasteiger partial charge is 0.300 e. The second-order valence-electron chi connectivity index (χ2n) is 6.75. The van der Waals surface area contributed by atoms with E-state index in [2.05, 4.69) is 32.9 Å². The van der Waals surface area contributed by atoms with Crippen LogP contribution in [0.5, 0.6) is 0 Å². The van der Waals surface area contributed by atoms with Gasteiger partial charge in [-0.15, -0.1) is 0 Å². The van der Waals surface area contributed by atoms with E-state index >= 15 is 0 Å². The lowest BCUT2D eigenvalue weighted by molar-refractivity contribution is -0.134. The number of carboxylic acid groups (broad SMARTS) is 1. The minimum Gasteiger partial charge on any atom is -0.481 e. The highest BCUT2D eigenvalue weighted by Crippen LogP contribution is 2.25. The van der Waals surface area contributed by atoms with Gasteiger partial charge >= 0.3 is 0 Å². The minimum absolute atomic E-state index is 0.0284. The van der Waals surface area contributed by atoms with Gasteiger partial charge in [0.05, 0.1) is 6.54 Å². The number of aliphatic carboxylic acids is 1. The molecule has 6 heteroatoms. The number of nitrogens with zero attached hydrogens (tertiary/aromatic N) is 1. The molecule has 0 amide bonds. The fourth-order valence-electron chi connectivity index (χ4n) is 2.16. The molecule has 134 valence electrons. The van der Waals surface area contributed by atoms with Gasteiger partial charge in [0.1, 0.15) is 5.84 Å². The third-order valence-electron chi connectivity index (χ3n) is 3.42. The lowest BCUT2D eigenvalue weighted by Crippen LogP contribution is -2.26. The highest BCUT2D eigenvalue weighted by Gasteiger charge is 2.13. The van der Waals surface area contributed by atoms with E-state index in [0.29, 0.717) is 0 Å². The monoisotopic (exact) mass is 343 g/mol. The maximum Gasteiger partial charge on any atom is 0.300 e. The molecule has 0 fully saturated rings. The predicted octanol–water partition coefficient (Wildman–Crippen LogP) is 2.84. The Balaban J connectivity index is 0.000000705. The summed E-state index contributed by atoms with van der Waals surface area (Å²) in [6.07, 6.45) is 1.68. The van der Waals surface area contributed by atoms with Crippen molar-refractivity contribution in [1.82, 2.24) is 4.57 Å². The van der Waals surface area contributed by atoms with E-state index in [0.717, 1.165) is 18.1 Å². The number of nitrogens with one attached hydrogen (secondary N) is 1. The molecule has 0 aliphatic rings. The number of hydrogen-bond donors (Lipinski definition) is 3. The molecule has 0 aliphatic carbocycles. The average molecular weight is 343 g/mol. The van der Waals surface area contributed by atoms with Crippen LogP contribution in [0.2, 0.25) is 0 Å². The lowest BCUT2D eigenvalue weighted by atomic mass is 9.86. The number of aromatic nitrogens is 1. The maximum atomic E-state index is 12.0. The molecule has 1 aromatic heterocycles. The fraction of sp³-hybridized carbons (Fsp3) is 0.316. The standard InChI is InChI=1S/C17H21N3O.C2H4O2/c1-17(2,3)14-6-4-12(5-7-14)13-8-9-20(11-15(18)19)16(21)10-13;1-2(3)4/h4-10H,11H2,1-3H3,(H3,18,19);1H3,(H,3,4). The topological polar surface area (TPSA) is 109 Å². The van der Waals surface area contributed by atoms with Crippen molar-refractivity contribution < 1.29 is 9.90 Å². The van der Waals surface area contributed by atoms with E-state index in [-0.39, 0.29) is 23.4 Å². The summed E-state index contributed by atoms with van der Waals surface area (Å²) in [6, 6.07) is 11.7. The Labute approximate surface area is 147 Å². The number of benzene rings is 1. The van der Waals surface area contributed by atoms with Crippen molar-refractivity contribution in [3.8, 4) is 11.1 Å². The SMILES string of the molecule is CC(=O)O.CC(C)(C)c1ccc(-c2ccn(CC(=N)N)c(=O)c2)cc1. The van der Waals surface area contributed by atoms with Gasteiger partial charge in [-0.3, -0.25) is 15.0 Å². The zero-order valence-corrected chi connectivity index (χ0v) is 15.0. The third kappa shape index (κ3) is 6.63. The molecule has 0 spiro atoms. The first-order chi connectivity index (χ1) is 11.5. The number of hydrogen-bond acceptors (Lipinski definition) is 3. The molecule has 0 bridgehead atoms. The van der Waals surface area contributed by atoms with E-state index in [9.17, 15) is 4.79 Å². The van der Waals surface area contributed by atoms with E-state index in [4.69, 9.17) is 21.0 Å². The zero-order chi connectivity index (χ0) is 19.2. The second kappa shape index (κ2) is 8.28. The van der Waals surface area contributed by atoms with E-state index in [1.54, 1.807) is 12.3 Å². The van der Waals surface area contributed by atoms with Crippen LogP contribution in [0.1, 0.15) is 33.3 Å². The van der Waals surface area contributed by atoms with Gasteiger partial charge in [0.15, 0.2) is 0 Å². The first-order valence-electron chi connectivity index (χ1n) is 7.84. The average Bonchev–Trinajstić information content (AvgIpc) is 2.47. The van der Waals surface area contributed by atoms with Crippen LogP contribution in [0.3, 0.4) is 0 Å². The van der Waals surface area contributed by atoms with Crippen LogP contribution in [0.15, 0.2) is 47.4 Å².